The lowest BCUT2D eigenvalue weighted by Crippen LogP contribution is -2.26. The molecule has 0 saturated carbocycles. The minimum Gasteiger partial charge on any atom is -0.352 e. The molecule has 0 spiro atoms. The molecule has 8 heteroatoms. The van der Waals surface area contributed by atoms with E-state index in [1.54, 1.807) is 28.9 Å². The summed E-state index contributed by atoms with van der Waals surface area (Å²) in [5.41, 5.74) is 2.29. The van der Waals surface area contributed by atoms with Gasteiger partial charge < -0.3 is 5.32 Å². The SMILES string of the molecule is Cn1cc(CCCNC(=O)c2ccc(N3CCCS3(=O)=O)cc2)cn1. The maximum atomic E-state index is 12.2. The number of aromatic nitrogens is 2. The van der Waals surface area contributed by atoms with Gasteiger partial charge in [0.05, 0.1) is 17.6 Å². The summed E-state index contributed by atoms with van der Waals surface area (Å²) in [5, 5.41) is 6.99. The van der Waals surface area contributed by atoms with Crippen molar-refractivity contribution < 1.29 is 13.2 Å². The topological polar surface area (TPSA) is 84.3 Å². The van der Waals surface area contributed by atoms with Crippen molar-refractivity contribution in [3.8, 4) is 0 Å². The third kappa shape index (κ3) is 4.19. The molecule has 134 valence electrons. The molecule has 1 saturated heterocycles. The predicted molar refractivity (Wildman–Crippen MR) is 96.1 cm³/mol. The van der Waals surface area contributed by atoms with E-state index in [2.05, 4.69) is 10.4 Å². The fraction of sp³-hybridized carbons (Fsp3) is 0.412. The van der Waals surface area contributed by atoms with Crippen molar-refractivity contribution in [1.82, 2.24) is 15.1 Å². The first-order chi connectivity index (χ1) is 12.0. The molecule has 1 aromatic carbocycles. The quantitative estimate of drug-likeness (QED) is 0.786. The van der Waals surface area contributed by atoms with Crippen LogP contribution in [-0.4, -0.2) is 42.9 Å². The number of hydrogen-bond acceptors (Lipinski definition) is 4. The molecule has 0 bridgehead atoms. The number of amides is 1. The number of carbonyl (C=O) groups is 1. The molecule has 0 atom stereocenters. The van der Waals surface area contributed by atoms with Gasteiger partial charge in [-0.25, -0.2) is 8.42 Å². The van der Waals surface area contributed by atoms with Crippen LogP contribution in [0.1, 0.15) is 28.8 Å². The fourth-order valence-electron chi connectivity index (χ4n) is 2.91. The highest BCUT2D eigenvalue weighted by atomic mass is 32.2. The summed E-state index contributed by atoms with van der Waals surface area (Å²) in [6.45, 7) is 1.08. The molecule has 2 aromatic rings. The van der Waals surface area contributed by atoms with Crippen LogP contribution in [0.5, 0.6) is 0 Å². The van der Waals surface area contributed by atoms with Gasteiger partial charge in [0.25, 0.3) is 5.91 Å². The Labute approximate surface area is 147 Å². The van der Waals surface area contributed by atoms with E-state index in [1.165, 1.54) is 4.31 Å². The highest BCUT2D eigenvalue weighted by Gasteiger charge is 2.28. The molecular formula is C17H22N4O3S. The zero-order valence-electron chi connectivity index (χ0n) is 14.2. The van der Waals surface area contributed by atoms with Gasteiger partial charge >= 0.3 is 0 Å². The summed E-state index contributed by atoms with van der Waals surface area (Å²) in [7, 11) is -1.31. The summed E-state index contributed by atoms with van der Waals surface area (Å²) in [6.07, 6.45) is 6.13. The molecule has 7 nitrogen and oxygen atoms in total. The average Bonchev–Trinajstić information content (AvgIpc) is 3.16. The average molecular weight is 362 g/mol. The van der Waals surface area contributed by atoms with Gasteiger partial charge in [0.2, 0.25) is 10.0 Å². The highest BCUT2D eigenvalue weighted by molar-refractivity contribution is 7.93. The van der Waals surface area contributed by atoms with Crippen molar-refractivity contribution in [3.63, 3.8) is 0 Å². The lowest BCUT2D eigenvalue weighted by Gasteiger charge is -2.17. The van der Waals surface area contributed by atoms with Gasteiger partial charge in [0.1, 0.15) is 0 Å². The number of hydrogen-bond donors (Lipinski definition) is 1. The fourth-order valence-corrected chi connectivity index (χ4v) is 4.47. The van der Waals surface area contributed by atoms with E-state index in [9.17, 15) is 13.2 Å². The van der Waals surface area contributed by atoms with Crippen molar-refractivity contribution in [3.05, 3.63) is 47.8 Å². The van der Waals surface area contributed by atoms with Crippen molar-refractivity contribution in [2.24, 2.45) is 7.05 Å². The number of sulfonamides is 1. The van der Waals surface area contributed by atoms with E-state index in [4.69, 9.17) is 0 Å². The van der Waals surface area contributed by atoms with Gasteiger partial charge in [0.15, 0.2) is 0 Å². The molecule has 1 amide bonds. The van der Waals surface area contributed by atoms with Crippen molar-refractivity contribution in [1.29, 1.82) is 0 Å². The second-order valence-corrected chi connectivity index (χ2v) is 8.18. The van der Waals surface area contributed by atoms with Crippen molar-refractivity contribution >= 4 is 21.6 Å². The Morgan fingerprint density at radius 3 is 2.64 bits per heavy atom. The molecule has 1 N–H and O–H groups in total. The second-order valence-electron chi connectivity index (χ2n) is 6.17. The molecule has 2 heterocycles. The molecule has 1 aromatic heterocycles. The largest absolute Gasteiger partial charge is 0.352 e. The lowest BCUT2D eigenvalue weighted by atomic mass is 10.1. The Kier molecular flexibility index (Phi) is 5.08. The number of anilines is 1. The third-order valence-electron chi connectivity index (χ3n) is 4.20. The maximum absolute atomic E-state index is 12.2. The lowest BCUT2D eigenvalue weighted by molar-refractivity contribution is 0.0953. The summed E-state index contributed by atoms with van der Waals surface area (Å²) in [6, 6.07) is 6.71. The first-order valence-corrected chi connectivity index (χ1v) is 9.93. The minimum absolute atomic E-state index is 0.151. The van der Waals surface area contributed by atoms with Crippen molar-refractivity contribution in [2.75, 3.05) is 23.1 Å². The van der Waals surface area contributed by atoms with Gasteiger partial charge in [0, 0.05) is 31.9 Å². The van der Waals surface area contributed by atoms with Crippen LogP contribution in [0, 0.1) is 0 Å². The molecule has 1 aliphatic heterocycles. The molecule has 1 aliphatic rings. The molecule has 3 rings (SSSR count). The summed E-state index contributed by atoms with van der Waals surface area (Å²) < 4.78 is 27.0. The standard InChI is InChI=1S/C17H22N4O3S/c1-20-13-14(12-19-20)4-2-9-18-17(22)15-5-7-16(8-6-15)21-10-3-11-25(21,23)24/h5-8,12-13H,2-4,9-11H2,1H3,(H,18,22). The van der Waals surface area contributed by atoms with E-state index in [0.717, 1.165) is 18.4 Å². The van der Waals surface area contributed by atoms with Crippen LogP contribution in [0.3, 0.4) is 0 Å². The van der Waals surface area contributed by atoms with Crippen LogP contribution in [0.25, 0.3) is 0 Å². The minimum atomic E-state index is -3.19. The Morgan fingerprint density at radius 1 is 1.28 bits per heavy atom. The summed E-state index contributed by atoms with van der Waals surface area (Å²) >= 11 is 0. The van der Waals surface area contributed by atoms with Crippen LogP contribution in [-0.2, 0) is 23.5 Å². The Hall–Kier alpha value is -2.35. The Morgan fingerprint density at radius 2 is 2.04 bits per heavy atom. The van der Waals surface area contributed by atoms with Gasteiger partial charge in [-0.1, -0.05) is 0 Å². The smallest absolute Gasteiger partial charge is 0.251 e. The summed E-state index contributed by atoms with van der Waals surface area (Å²) in [4.78, 5) is 12.2. The highest BCUT2D eigenvalue weighted by Crippen LogP contribution is 2.24. The Bertz CT molecular complexity index is 843. The van der Waals surface area contributed by atoms with Gasteiger partial charge in [-0.05, 0) is 49.1 Å². The van der Waals surface area contributed by atoms with E-state index >= 15 is 0 Å². The molecule has 1 fully saturated rings. The van der Waals surface area contributed by atoms with Crippen LogP contribution in [0.2, 0.25) is 0 Å². The number of aryl methyl sites for hydroxylation is 2. The van der Waals surface area contributed by atoms with Crippen molar-refractivity contribution in [2.45, 2.75) is 19.3 Å². The molecule has 0 unspecified atom stereocenters. The van der Waals surface area contributed by atoms with E-state index in [1.807, 2.05) is 19.4 Å². The number of carbonyl (C=O) groups excluding carboxylic acids is 1. The molecule has 25 heavy (non-hydrogen) atoms. The van der Waals surface area contributed by atoms with Crippen LogP contribution in [0.4, 0.5) is 5.69 Å². The number of benzene rings is 1. The molecular weight excluding hydrogens is 340 g/mol. The normalized spacial score (nSPS) is 16.1. The monoisotopic (exact) mass is 362 g/mol. The third-order valence-corrected chi connectivity index (χ3v) is 6.07. The molecule has 0 radical (unpaired) electrons. The number of rotatable bonds is 6. The van der Waals surface area contributed by atoms with E-state index in [-0.39, 0.29) is 11.7 Å². The van der Waals surface area contributed by atoms with Crippen LogP contribution in [0.15, 0.2) is 36.7 Å². The Balaban J connectivity index is 1.50. The molecule has 0 aliphatic carbocycles. The van der Waals surface area contributed by atoms with E-state index < -0.39 is 10.0 Å². The van der Waals surface area contributed by atoms with E-state index in [0.29, 0.717) is 30.8 Å². The number of nitrogens with zero attached hydrogens (tertiary/aromatic N) is 3. The predicted octanol–water partition coefficient (Wildman–Crippen LogP) is 1.32. The van der Waals surface area contributed by atoms with Crippen LogP contribution >= 0.6 is 0 Å². The van der Waals surface area contributed by atoms with Gasteiger partial charge in [-0.15, -0.1) is 0 Å². The second kappa shape index (κ2) is 7.26. The van der Waals surface area contributed by atoms with Gasteiger partial charge in [-0.2, -0.15) is 5.10 Å². The maximum Gasteiger partial charge on any atom is 0.251 e. The zero-order valence-corrected chi connectivity index (χ0v) is 15.0. The number of nitrogens with one attached hydrogen (secondary N) is 1. The summed E-state index contributed by atoms with van der Waals surface area (Å²) in [5.74, 6) is 0.0358. The first-order valence-electron chi connectivity index (χ1n) is 8.32. The zero-order chi connectivity index (χ0) is 17.9. The van der Waals surface area contributed by atoms with Crippen LogP contribution < -0.4 is 9.62 Å². The van der Waals surface area contributed by atoms with Gasteiger partial charge in [-0.3, -0.25) is 13.8 Å². The first kappa shape index (κ1) is 17.5.